The second-order valence-corrected chi connectivity index (χ2v) is 6.66. The van der Waals surface area contributed by atoms with Gasteiger partial charge in [-0.1, -0.05) is 6.07 Å². The molecule has 0 bridgehead atoms. The second-order valence-electron chi connectivity index (χ2n) is 6.66. The molecule has 6 nitrogen and oxygen atoms in total. The fourth-order valence-corrected chi connectivity index (χ4v) is 3.49. The fraction of sp³-hybridized carbons (Fsp3) is 0.550. The van der Waals surface area contributed by atoms with E-state index in [4.69, 9.17) is 14.2 Å². The summed E-state index contributed by atoms with van der Waals surface area (Å²) in [6, 6.07) is 6.12. The molecule has 0 spiro atoms. The molecule has 0 amide bonds. The first kappa shape index (κ1) is 18.7. The summed E-state index contributed by atoms with van der Waals surface area (Å²) < 4.78 is 18.9. The third-order valence-electron chi connectivity index (χ3n) is 4.86. The second kappa shape index (κ2) is 9.05. The topological polar surface area (TPSA) is 48.8 Å². The van der Waals surface area contributed by atoms with Gasteiger partial charge in [-0.3, -0.25) is 4.90 Å². The van der Waals surface area contributed by atoms with Gasteiger partial charge in [-0.2, -0.15) is 0 Å². The Balaban J connectivity index is 1.76. The number of imidazole rings is 1. The molecule has 0 radical (unpaired) electrons. The summed E-state index contributed by atoms with van der Waals surface area (Å²) in [5.74, 6) is 1.52. The molecule has 1 aromatic heterocycles. The van der Waals surface area contributed by atoms with Crippen LogP contribution in [0, 0.1) is 0 Å². The molecule has 0 N–H and O–H groups in total. The highest BCUT2D eigenvalue weighted by molar-refractivity contribution is 5.42. The van der Waals surface area contributed by atoms with E-state index in [9.17, 15) is 0 Å². The molecule has 2 heterocycles. The summed E-state index contributed by atoms with van der Waals surface area (Å²) in [6.45, 7) is 6.55. The van der Waals surface area contributed by atoms with Crippen molar-refractivity contribution in [2.45, 2.75) is 45.5 Å². The average molecular weight is 359 g/mol. The van der Waals surface area contributed by atoms with E-state index in [-0.39, 0.29) is 0 Å². The first-order valence-electron chi connectivity index (χ1n) is 9.27. The predicted molar refractivity (Wildman–Crippen MR) is 101 cm³/mol. The predicted octanol–water partition coefficient (Wildman–Crippen LogP) is 3.10. The maximum absolute atomic E-state index is 5.87. The van der Waals surface area contributed by atoms with Gasteiger partial charge in [-0.25, -0.2) is 4.98 Å². The van der Waals surface area contributed by atoms with Crippen LogP contribution in [0.2, 0.25) is 0 Å². The van der Waals surface area contributed by atoms with Gasteiger partial charge >= 0.3 is 0 Å². The van der Waals surface area contributed by atoms with E-state index in [2.05, 4.69) is 33.5 Å². The van der Waals surface area contributed by atoms with Crippen molar-refractivity contribution in [1.29, 1.82) is 0 Å². The molecule has 3 rings (SSSR count). The van der Waals surface area contributed by atoms with Crippen molar-refractivity contribution in [2.24, 2.45) is 0 Å². The van der Waals surface area contributed by atoms with E-state index < -0.39 is 0 Å². The number of rotatable bonds is 9. The molecule has 0 saturated carbocycles. The van der Waals surface area contributed by atoms with Crippen LogP contribution in [0.5, 0.6) is 11.5 Å². The van der Waals surface area contributed by atoms with E-state index in [1.165, 1.54) is 11.3 Å². The smallest absolute Gasteiger partial charge is 0.161 e. The quantitative estimate of drug-likeness (QED) is 0.689. The lowest BCUT2D eigenvalue weighted by atomic mass is 10.1. The Kier molecular flexibility index (Phi) is 6.52. The monoisotopic (exact) mass is 359 g/mol. The van der Waals surface area contributed by atoms with Crippen molar-refractivity contribution in [1.82, 2.24) is 14.5 Å². The van der Waals surface area contributed by atoms with Crippen LogP contribution in [0.25, 0.3) is 0 Å². The largest absolute Gasteiger partial charge is 0.493 e. The molecule has 1 unspecified atom stereocenters. The van der Waals surface area contributed by atoms with Crippen molar-refractivity contribution in [3.8, 4) is 11.5 Å². The summed E-state index contributed by atoms with van der Waals surface area (Å²) in [5.41, 5.74) is 2.43. The zero-order chi connectivity index (χ0) is 18.4. The molecule has 1 atom stereocenters. The zero-order valence-electron chi connectivity index (χ0n) is 16.0. The van der Waals surface area contributed by atoms with E-state index in [1.54, 1.807) is 14.2 Å². The molecule has 1 fully saturated rings. The van der Waals surface area contributed by atoms with Gasteiger partial charge in [0.15, 0.2) is 11.5 Å². The minimum atomic E-state index is 0.313. The number of nitrogens with zero attached hydrogens (tertiary/aromatic N) is 3. The lowest BCUT2D eigenvalue weighted by molar-refractivity contribution is 0.0670. The highest BCUT2D eigenvalue weighted by Crippen LogP contribution is 2.28. The summed E-state index contributed by atoms with van der Waals surface area (Å²) in [5, 5.41) is 0. The van der Waals surface area contributed by atoms with Crippen LogP contribution < -0.4 is 9.47 Å². The van der Waals surface area contributed by atoms with Gasteiger partial charge in [0, 0.05) is 39.0 Å². The number of hydrogen-bond donors (Lipinski definition) is 0. The standard InChI is InChI=1S/C20H29N3O3/c1-4-23-15-21-11-17(23)13-22(14-18-6-5-9-26-18)12-16-7-8-19(24-2)20(10-16)25-3/h7-8,10-11,15,18H,4-6,9,12-14H2,1-3H3. The zero-order valence-corrected chi connectivity index (χ0v) is 16.0. The minimum absolute atomic E-state index is 0.313. The number of aromatic nitrogens is 2. The fourth-order valence-electron chi connectivity index (χ4n) is 3.49. The van der Waals surface area contributed by atoms with Gasteiger partial charge < -0.3 is 18.8 Å². The molecule has 26 heavy (non-hydrogen) atoms. The van der Waals surface area contributed by atoms with Gasteiger partial charge in [0.25, 0.3) is 0 Å². The Bertz CT molecular complexity index is 695. The van der Waals surface area contributed by atoms with E-state index >= 15 is 0 Å². The SMILES string of the molecule is CCn1cncc1CN(Cc1ccc(OC)c(OC)c1)CC1CCCO1. The Morgan fingerprint density at radius 2 is 2.08 bits per heavy atom. The highest BCUT2D eigenvalue weighted by atomic mass is 16.5. The molecule has 1 saturated heterocycles. The summed E-state index contributed by atoms with van der Waals surface area (Å²) in [6.07, 6.45) is 6.46. The Hall–Kier alpha value is -2.05. The number of ether oxygens (including phenoxy) is 3. The molecular formula is C20H29N3O3. The number of benzene rings is 1. The Morgan fingerprint density at radius 1 is 1.23 bits per heavy atom. The highest BCUT2D eigenvalue weighted by Gasteiger charge is 2.21. The number of hydrogen-bond acceptors (Lipinski definition) is 5. The van der Waals surface area contributed by atoms with Crippen LogP contribution in [0.15, 0.2) is 30.7 Å². The summed E-state index contributed by atoms with van der Waals surface area (Å²) in [4.78, 5) is 6.73. The van der Waals surface area contributed by atoms with Gasteiger partial charge in [0.2, 0.25) is 0 Å². The molecule has 2 aromatic rings. The van der Waals surface area contributed by atoms with Crippen molar-refractivity contribution in [3.05, 3.63) is 42.0 Å². The van der Waals surface area contributed by atoms with Crippen LogP contribution in [-0.2, 0) is 24.4 Å². The van der Waals surface area contributed by atoms with E-state index in [1.807, 2.05) is 18.6 Å². The normalized spacial score (nSPS) is 17.0. The van der Waals surface area contributed by atoms with Crippen molar-refractivity contribution in [3.63, 3.8) is 0 Å². The van der Waals surface area contributed by atoms with Crippen LogP contribution in [0.3, 0.4) is 0 Å². The molecule has 6 heteroatoms. The van der Waals surface area contributed by atoms with Crippen molar-refractivity contribution >= 4 is 0 Å². The maximum atomic E-state index is 5.87. The first-order valence-corrected chi connectivity index (χ1v) is 9.27. The van der Waals surface area contributed by atoms with Crippen molar-refractivity contribution < 1.29 is 14.2 Å². The molecule has 1 aromatic carbocycles. The summed E-state index contributed by atoms with van der Waals surface area (Å²) in [7, 11) is 3.33. The number of methoxy groups -OCH3 is 2. The Morgan fingerprint density at radius 3 is 2.77 bits per heavy atom. The maximum Gasteiger partial charge on any atom is 0.161 e. The summed E-state index contributed by atoms with van der Waals surface area (Å²) >= 11 is 0. The molecular weight excluding hydrogens is 330 g/mol. The van der Waals surface area contributed by atoms with Crippen LogP contribution in [0.4, 0.5) is 0 Å². The van der Waals surface area contributed by atoms with E-state index in [0.29, 0.717) is 6.10 Å². The van der Waals surface area contributed by atoms with E-state index in [0.717, 1.165) is 57.1 Å². The molecule has 1 aliphatic rings. The molecule has 0 aliphatic carbocycles. The van der Waals surface area contributed by atoms with Gasteiger partial charge in [0.1, 0.15) is 0 Å². The minimum Gasteiger partial charge on any atom is -0.493 e. The molecule has 142 valence electrons. The molecule has 1 aliphatic heterocycles. The van der Waals surface area contributed by atoms with Gasteiger partial charge in [-0.05, 0) is 37.5 Å². The number of aryl methyl sites for hydroxylation is 1. The Labute approximate surface area is 155 Å². The van der Waals surface area contributed by atoms with Crippen LogP contribution in [-0.4, -0.2) is 47.9 Å². The van der Waals surface area contributed by atoms with Crippen LogP contribution in [0.1, 0.15) is 31.0 Å². The van der Waals surface area contributed by atoms with Crippen molar-refractivity contribution in [2.75, 3.05) is 27.4 Å². The lowest BCUT2D eigenvalue weighted by Gasteiger charge is -2.26. The third-order valence-corrected chi connectivity index (χ3v) is 4.86. The first-order chi connectivity index (χ1) is 12.7. The van der Waals surface area contributed by atoms with Crippen LogP contribution >= 0.6 is 0 Å². The third kappa shape index (κ3) is 4.56. The lowest BCUT2D eigenvalue weighted by Crippen LogP contribution is -2.32. The average Bonchev–Trinajstić information content (AvgIpc) is 3.33. The van der Waals surface area contributed by atoms with Gasteiger partial charge in [-0.15, -0.1) is 0 Å². The van der Waals surface area contributed by atoms with Gasteiger partial charge in [0.05, 0.1) is 32.3 Å².